The Bertz CT molecular complexity index is 1050. The molecule has 0 saturated heterocycles. The fourth-order valence-electron chi connectivity index (χ4n) is 9.78. The predicted molar refractivity (Wildman–Crippen MR) is 159 cm³/mol. The average molecular weight is 586 g/mol. The average Bonchev–Trinajstić information content (AvgIpc) is 3.32. The van der Waals surface area contributed by atoms with Crippen molar-refractivity contribution < 1.29 is 29.3 Å². The molecule has 0 aromatic heterocycles. The Hall–Kier alpha value is -2.27. The number of hydrogen-bond donors (Lipinski definition) is 2. The standard InChI is InChI=1S/C33H51N3O6/c1-5-6-7-17-41-29(39)13-10-21(2)24-11-12-25-31-26(20-28(38)33(24,25)4)32(3)15-14-23(18-22(32)19-27(31)37)42-30(40)9-8-16-35-36-34/h1,21-28,31,37-38H,6-20H2,2-4H3/t21-,22+,23-,24-,25+,26+,27-,28+,31+,32+,33-/m1/s1. The summed E-state index contributed by atoms with van der Waals surface area (Å²) in [4.78, 5) is 27.4. The van der Waals surface area contributed by atoms with Crippen LogP contribution >= 0.6 is 0 Å². The van der Waals surface area contributed by atoms with Crippen LogP contribution in [0, 0.1) is 58.7 Å². The molecule has 0 aliphatic heterocycles. The molecule has 2 N–H and O–H groups in total. The van der Waals surface area contributed by atoms with E-state index < -0.39 is 12.2 Å². The first-order chi connectivity index (χ1) is 20.1. The molecule has 9 heteroatoms. The normalized spacial score (nSPS) is 39.4. The van der Waals surface area contributed by atoms with Gasteiger partial charge in [-0.1, -0.05) is 25.9 Å². The van der Waals surface area contributed by atoms with Gasteiger partial charge in [0.25, 0.3) is 0 Å². The number of rotatable bonds is 12. The maximum absolute atomic E-state index is 12.4. The maximum atomic E-state index is 12.4. The van der Waals surface area contributed by atoms with Crippen molar-refractivity contribution in [1.29, 1.82) is 0 Å². The number of fused-ring (bicyclic) bond motifs is 5. The Morgan fingerprint density at radius 3 is 2.62 bits per heavy atom. The number of carbonyl (C=O) groups is 2. The van der Waals surface area contributed by atoms with Crippen molar-refractivity contribution in [2.24, 2.45) is 51.5 Å². The lowest BCUT2D eigenvalue weighted by Crippen LogP contribution is -2.62. The van der Waals surface area contributed by atoms with Gasteiger partial charge in [0.15, 0.2) is 0 Å². The van der Waals surface area contributed by atoms with Crippen LogP contribution in [0.25, 0.3) is 10.4 Å². The number of aliphatic hydroxyl groups is 2. The number of unbranched alkanes of at least 4 members (excludes halogenated alkanes) is 1. The van der Waals surface area contributed by atoms with Gasteiger partial charge in [-0.3, -0.25) is 9.59 Å². The zero-order chi connectivity index (χ0) is 30.5. The van der Waals surface area contributed by atoms with Crippen molar-refractivity contribution in [1.82, 2.24) is 0 Å². The van der Waals surface area contributed by atoms with E-state index in [-0.39, 0.29) is 71.4 Å². The Morgan fingerprint density at radius 1 is 1.10 bits per heavy atom. The maximum Gasteiger partial charge on any atom is 0.306 e. The van der Waals surface area contributed by atoms with E-state index in [0.29, 0.717) is 51.0 Å². The molecule has 4 fully saturated rings. The van der Waals surface area contributed by atoms with Crippen LogP contribution in [0.15, 0.2) is 5.11 Å². The number of nitrogens with zero attached hydrogens (tertiary/aromatic N) is 3. The fourth-order valence-corrected chi connectivity index (χ4v) is 9.78. The highest BCUT2D eigenvalue weighted by molar-refractivity contribution is 5.69. The minimum absolute atomic E-state index is 0.0104. The molecule has 4 saturated carbocycles. The molecule has 0 aromatic rings. The van der Waals surface area contributed by atoms with Gasteiger partial charge in [-0.15, -0.1) is 12.3 Å². The number of esters is 2. The third-order valence-electron chi connectivity index (χ3n) is 12.0. The van der Waals surface area contributed by atoms with Crippen LogP contribution in [0.5, 0.6) is 0 Å². The molecule has 42 heavy (non-hydrogen) atoms. The van der Waals surface area contributed by atoms with Crippen LogP contribution in [0.3, 0.4) is 0 Å². The predicted octanol–water partition coefficient (Wildman–Crippen LogP) is 5.96. The Balaban J connectivity index is 1.38. The van der Waals surface area contributed by atoms with Crippen molar-refractivity contribution in [3.05, 3.63) is 10.4 Å². The molecule has 11 atom stereocenters. The van der Waals surface area contributed by atoms with E-state index in [2.05, 4.69) is 36.7 Å². The lowest BCUT2D eigenvalue weighted by molar-refractivity contribution is -0.209. The molecule has 4 aliphatic carbocycles. The Kier molecular flexibility index (Phi) is 10.9. The van der Waals surface area contributed by atoms with Gasteiger partial charge >= 0.3 is 11.9 Å². The van der Waals surface area contributed by atoms with Gasteiger partial charge in [-0.2, -0.15) is 0 Å². The first-order valence-electron chi connectivity index (χ1n) is 16.2. The molecule has 0 aromatic carbocycles. The molecule has 0 unspecified atom stereocenters. The highest BCUT2D eigenvalue weighted by atomic mass is 16.5. The fraction of sp³-hybridized carbons (Fsp3) is 0.879. The topological polar surface area (TPSA) is 142 Å². The molecule has 0 bridgehead atoms. The van der Waals surface area contributed by atoms with Gasteiger partial charge < -0.3 is 19.7 Å². The Morgan fingerprint density at radius 2 is 1.88 bits per heavy atom. The quantitative estimate of drug-likeness (QED) is 0.0722. The number of carbonyl (C=O) groups excluding carboxylic acids is 2. The van der Waals surface area contributed by atoms with E-state index in [4.69, 9.17) is 21.4 Å². The van der Waals surface area contributed by atoms with E-state index in [1.807, 2.05) is 0 Å². The summed E-state index contributed by atoms with van der Waals surface area (Å²) in [5.41, 5.74) is 8.11. The summed E-state index contributed by atoms with van der Waals surface area (Å²) >= 11 is 0. The van der Waals surface area contributed by atoms with Crippen LogP contribution in [-0.4, -0.2) is 53.6 Å². The second kappa shape index (κ2) is 14.0. The smallest absolute Gasteiger partial charge is 0.306 e. The van der Waals surface area contributed by atoms with Gasteiger partial charge in [-0.25, -0.2) is 0 Å². The minimum Gasteiger partial charge on any atom is -0.466 e. The summed E-state index contributed by atoms with van der Waals surface area (Å²) in [7, 11) is 0. The molecule has 0 radical (unpaired) electrons. The van der Waals surface area contributed by atoms with Crippen molar-refractivity contribution in [3.8, 4) is 12.3 Å². The lowest BCUT2D eigenvalue weighted by atomic mass is 9.43. The molecule has 0 amide bonds. The number of aliphatic hydroxyl groups excluding tert-OH is 2. The molecular weight excluding hydrogens is 534 g/mol. The van der Waals surface area contributed by atoms with E-state index in [9.17, 15) is 19.8 Å². The zero-order valence-corrected chi connectivity index (χ0v) is 25.7. The summed E-state index contributed by atoms with van der Waals surface area (Å²) in [6.07, 6.45) is 13.2. The van der Waals surface area contributed by atoms with Crippen molar-refractivity contribution in [2.75, 3.05) is 13.2 Å². The molecule has 9 nitrogen and oxygen atoms in total. The summed E-state index contributed by atoms with van der Waals surface area (Å²) in [6, 6.07) is 0. The highest BCUT2D eigenvalue weighted by Crippen LogP contribution is 2.68. The van der Waals surface area contributed by atoms with Crippen LogP contribution < -0.4 is 0 Å². The molecule has 4 aliphatic rings. The minimum atomic E-state index is -0.455. The Labute approximate surface area is 251 Å². The van der Waals surface area contributed by atoms with E-state index in [1.54, 1.807) is 0 Å². The number of ether oxygens (including phenoxy) is 2. The summed E-state index contributed by atoms with van der Waals surface area (Å²) in [6.45, 7) is 7.44. The molecule has 0 heterocycles. The summed E-state index contributed by atoms with van der Waals surface area (Å²) < 4.78 is 11.2. The van der Waals surface area contributed by atoms with Crippen LogP contribution in [-0.2, 0) is 19.1 Å². The number of terminal acetylenes is 1. The third-order valence-corrected chi connectivity index (χ3v) is 12.0. The van der Waals surface area contributed by atoms with Gasteiger partial charge in [0.2, 0.25) is 0 Å². The second-order valence-electron chi connectivity index (χ2n) is 14.1. The molecular formula is C33H51N3O6. The third kappa shape index (κ3) is 6.61. The number of azide groups is 1. The monoisotopic (exact) mass is 585 g/mol. The molecule has 234 valence electrons. The van der Waals surface area contributed by atoms with E-state index in [0.717, 1.165) is 38.5 Å². The number of hydrogen-bond acceptors (Lipinski definition) is 7. The highest BCUT2D eigenvalue weighted by Gasteiger charge is 2.65. The first-order valence-corrected chi connectivity index (χ1v) is 16.2. The molecule has 0 spiro atoms. The van der Waals surface area contributed by atoms with E-state index in [1.165, 1.54) is 0 Å². The van der Waals surface area contributed by atoms with Crippen molar-refractivity contribution in [2.45, 2.75) is 123 Å². The second-order valence-corrected chi connectivity index (χ2v) is 14.1. The first kappa shape index (κ1) is 32.6. The van der Waals surface area contributed by atoms with Crippen LogP contribution in [0.4, 0.5) is 0 Å². The van der Waals surface area contributed by atoms with Gasteiger partial charge in [0.1, 0.15) is 6.10 Å². The van der Waals surface area contributed by atoms with Gasteiger partial charge in [-0.05, 0) is 116 Å². The zero-order valence-electron chi connectivity index (χ0n) is 25.7. The van der Waals surface area contributed by atoms with E-state index >= 15 is 0 Å². The largest absolute Gasteiger partial charge is 0.466 e. The van der Waals surface area contributed by atoms with Crippen LogP contribution in [0.1, 0.15) is 104 Å². The van der Waals surface area contributed by atoms with Gasteiger partial charge in [0, 0.05) is 30.7 Å². The van der Waals surface area contributed by atoms with Crippen molar-refractivity contribution in [3.63, 3.8) is 0 Å². The summed E-state index contributed by atoms with van der Waals surface area (Å²) in [5.74, 6) is 3.55. The van der Waals surface area contributed by atoms with Crippen LogP contribution in [0.2, 0.25) is 0 Å². The van der Waals surface area contributed by atoms with Crippen molar-refractivity contribution >= 4 is 11.9 Å². The summed E-state index contributed by atoms with van der Waals surface area (Å²) in [5, 5.41) is 27.0. The SMILES string of the molecule is C#CCCCOC(=O)CC[C@@H](C)[C@H]1CC[C@H]2[C@@H]3[C@H](O)C[C@@H]4C[C@H](OC(=O)CCCN=[N+]=[N-])CC[C@]4(C)[C@H]3C[C@H](O)[C@]12C. The molecule has 4 rings (SSSR count). The lowest BCUT2D eigenvalue weighted by Gasteiger charge is -2.63. The van der Waals surface area contributed by atoms with Gasteiger partial charge in [0.05, 0.1) is 18.8 Å².